The number of hydrogen-bond donors (Lipinski definition) is 0. The highest BCUT2D eigenvalue weighted by atomic mass is 16.6. The molecule has 0 aliphatic carbocycles. The van der Waals surface area contributed by atoms with Crippen LogP contribution in [0.5, 0.6) is 0 Å². The molecule has 1 amide bonds. The molecule has 0 fully saturated rings. The molecule has 0 saturated heterocycles. The molecule has 0 bridgehead atoms. The van der Waals surface area contributed by atoms with Gasteiger partial charge in [0.25, 0.3) is 0 Å². The van der Waals surface area contributed by atoms with Crippen molar-refractivity contribution in [3.05, 3.63) is 12.7 Å². The highest BCUT2D eigenvalue weighted by molar-refractivity contribution is 5.68. The van der Waals surface area contributed by atoms with E-state index in [0.717, 1.165) is 0 Å². The average Bonchev–Trinajstić information content (AvgIpc) is 2.16. The fourth-order valence-electron chi connectivity index (χ4n) is 1.35. The highest BCUT2D eigenvalue weighted by Gasteiger charge is 2.24. The van der Waals surface area contributed by atoms with Gasteiger partial charge in [-0.25, -0.2) is 4.79 Å². The summed E-state index contributed by atoms with van der Waals surface area (Å²) >= 11 is 0. The van der Waals surface area contributed by atoms with Crippen molar-refractivity contribution in [1.29, 1.82) is 0 Å². The van der Waals surface area contributed by atoms with Crippen molar-refractivity contribution in [2.75, 3.05) is 19.8 Å². The smallest absolute Gasteiger partial charge is 0.410 e. The van der Waals surface area contributed by atoms with E-state index < -0.39 is 5.60 Å². The second-order valence-electron chi connectivity index (χ2n) is 4.94. The van der Waals surface area contributed by atoms with Gasteiger partial charge >= 0.3 is 6.09 Å². The van der Waals surface area contributed by atoms with Crippen molar-refractivity contribution in [3.63, 3.8) is 0 Å². The van der Waals surface area contributed by atoms with Crippen LogP contribution < -0.4 is 0 Å². The zero-order valence-electron chi connectivity index (χ0n) is 11.7. The lowest BCUT2D eigenvalue weighted by Gasteiger charge is -2.30. The number of ether oxygens (including phenoxy) is 2. The Kier molecular flexibility index (Phi) is 6.88. The second-order valence-corrected chi connectivity index (χ2v) is 4.94. The molecule has 0 spiro atoms. The summed E-state index contributed by atoms with van der Waals surface area (Å²) in [5.74, 6) is 0. The van der Waals surface area contributed by atoms with Gasteiger partial charge in [0.05, 0.1) is 19.3 Å². The van der Waals surface area contributed by atoms with E-state index in [9.17, 15) is 4.79 Å². The number of hydrogen-bond acceptors (Lipinski definition) is 3. The van der Waals surface area contributed by atoms with Crippen molar-refractivity contribution in [1.82, 2.24) is 4.90 Å². The van der Waals surface area contributed by atoms with Crippen LogP contribution in [-0.4, -0.2) is 42.4 Å². The lowest BCUT2D eigenvalue weighted by atomic mass is 10.2. The number of amides is 1. The first-order valence-electron chi connectivity index (χ1n) is 6.00. The van der Waals surface area contributed by atoms with E-state index in [1.807, 2.05) is 34.6 Å². The van der Waals surface area contributed by atoms with Crippen molar-refractivity contribution >= 4 is 6.09 Å². The SMILES string of the molecule is C=CCOCC(C)N(CC)C(=O)OC(C)(C)C. The molecule has 4 nitrogen and oxygen atoms in total. The summed E-state index contributed by atoms with van der Waals surface area (Å²) in [4.78, 5) is 13.6. The molecule has 17 heavy (non-hydrogen) atoms. The average molecular weight is 243 g/mol. The van der Waals surface area contributed by atoms with Gasteiger partial charge in [-0.15, -0.1) is 6.58 Å². The van der Waals surface area contributed by atoms with E-state index in [1.165, 1.54) is 0 Å². The van der Waals surface area contributed by atoms with Crippen molar-refractivity contribution in [2.24, 2.45) is 0 Å². The highest BCUT2D eigenvalue weighted by Crippen LogP contribution is 2.12. The van der Waals surface area contributed by atoms with E-state index in [-0.39, 0.29) is 12.1 Å². The third kappa shape index (κ3) is 7.00. The van der Waals surface area contributed by atoms with Crippen LogP contribution in [0.4, 0.5) is 4.79 Å². The monoisotopic (exact) mass is 243 g/mol. The molecule has 0 aromatic heterocycles. The fraction of sp³-hybridized carbons (Fsp3) is 0.769. The number of carbonyl (C=O) groups excluding carboxylic acids is 1. The van der Waals surface area contributed by atoms with Crippen LogP contribution in [0.3, 0.4) is 0 Å². The molecule has 0 aliphatic rings. The maximum atomic E-state index is 11.9. The van der Waals surface area contributed by atoms with Crippen molar-refractivity contribution < 1.29 is 14.3 Å². The molecular formula is C13H25NO3. The van der Waals surface area contributed by atoms with Crippen LogP contribution >= 0.6 is 0 Å². The minimum absolute atomic E-state index is 0.00481. The van der Waals surface area contributed by atoms with Gasteiger partial charge in [-0.3, -0.25) is 0 Å². The van der Waals surface area contributed by atoms with Gasteiger partial charge in [-0.2, -0.15) is 0 Å². The lowest BCUT2D eigenvalue weighted by Crippen LogP contribution is -2.44. The Hall–Kier alpha value is -1.03. The van der Waals surface area contributed by atoms with Gasteiger partial charge in [0.15, 0.2) is 0 Å². The second kappa shape index (κ2) is 7.33. The maximum absolute atomic E-state index is 11.9. The number of likely N-dealkylation sites (N-methyl/N-ethyl adjacent to an activating group) is 1. The number of nitrogens with zero attached hydrogens (tertiary/aromatic N) is 1. The topological polar surface area (TPSA) is 38.8 Å². The molecule has 0 heterocycles. The van der Waals surface area contributed by atoms with Gasteiger partial charge in [0, 0.05) is 6.54 Å². The van der Waals surface area contributed by atoms with Crippen LogP contribution in [0.15, 0.2) is 12.7 Å². The summed E-state index contributed by atoms with van der Waals surface area (Å²) in [6.07, 6.45) is 1.39. The minimum atomic E-state index is -0.466. The van der Waals surface area contributed by atoms with E-state index in [0.29, 0.717) is 19.8 Å². The first-order chi connectivity index (χ1) is 7.81. The van der Waals surface area contributed by atoms with Gasteiger partial charge in [0.1, 0.15) is 5.60 Å². The predicted molar refractivity (Wildman–Crippen MR) is 69.1 cm³/mol. The standard InChI is InChI=1S/C13H25NO3/c1-7-9-16-10-11(3)14(8-2)12(15)17-13(4,5)6/h7,11H,1,8-10H2,2-6H3. The number of carbonyl (C=O) groups is 1. The number of rotatable bonds is 6. The van der Waals surface area contributed by atoms with E-state index in [2.05, 4.69) is 6.58 Å². The predicted octanol–water partition coefficient (Wildman–Crippen LogP) is 2.83. The third-order valence-electron chi connectivity index (χ3n) is 2.10. The Morgan fingerprint density at radius 3 is 2.47 bits per heavy atom. The Balaban J connectivity index is 4.29. The summed E-state index contributed by atoms with van der Waals surface area (Å²) in [5.41, 5.74) is -0.466. The lowest BCUT2D eigenvalue weighted by molar-refractivity contribution is 0.00767. The molecule has 0 saturated carbocycles. The minimum Gasteiger partial charge on any atom is -0.444 e. The van der Waals surface area contributed by atoms with Crippen LogP contribution in [0.25, 0.3) is 0 Å². The normalized spacial score (nSPS) is 13.0. The molecule has 4 heteroatoms. The van der Waals surface area contributed by atoms with Gasteiger partial charge in [0.2, 0.25) is 0 Å². The zero-order valence-corrected chi connectivity index (χ0v) is 11.7. The molecule has 0 radical (unpaired) electrons. The summed E-state index contributed by atoms with van der Waals surface area (Å²) in [7, 11) is 0. The molecule has 0 rings (SSSR count). The fourth-order valence-corrected chi connectivity index (χ4v) is 1.35. The summed E-state index contributed by atoms with van der Waals surface area (Å²) in [6, 6.07) is -0.00481. The van der Waals surface area contributed by atoms with E-state index in [1.54, 1.807) is 11.0 Å². The Morgan fingerprint density at radius 1 is 1.47 bits per heavy atom. The first-order valence-corrected chi connectivity index (χ1v) is 6.00. The molecule has 0 aromatic carbocycles. The van der Waals surface area contributed by atoms with Crippen LogP contribution in [0.2, 0.25) is 0 Å². The summed E-state index contributed by atoms with van der Waals surface area (Å²) in [5, 5.41) is 0. The summed E-state index contributed by atoms with van der Waals surface area (Å²) in [6.45, 7) is 14.6. The zero-order chi connectivity index (χ0) is 13.5. The van der Waals surface area contributed by atoms with E-state index in [4.69, 9.17) is 9.47 Å². The maximum Gasteiger partial charge on any atom is 0.410 e. The molecular weight excluding hydrogens is 218 g/mol. The van der Waals surface area contributed by atoms with Gasteiger partial charge in [-0.05, 0) is 34.6 Å². The van der Waals surface area contributed by atoms with Gasteiger partial charge in [-0.1, -0.05) is 6.08 Å². The van der Waals surface area contributed by atoms with E-state index >= 15 is 0 Å². The molecule has 0 aliphatic heterocycles. The largest absolute Gasteiger partial charge is 0.444 e. The Morgan fingerprint density at radius 2 is 2.06 bits per heavy atom. The Labute approximate surface area is 105 Å². The quantitative estimate of drug-likeness (QED) is 0.532. The van der Waals surface area contributed by atoms with Crippen LogP contribution in [0.1, 0.15) is 34.6 Å². The Bertz CT molecular complexity index is 246. The van der Waals surface area contributed by atoms with Gasteiger partial charge < -0.3 is 14.4 Å². The third-order valence-corrected chi connectivity index (χ3v) is 2.10. The molecule has 100 valence electrons. The molecule has 0 aromatic rings. The van der Waals surface area contributed by atoms with Crippen LogP contribution in [-0.2, 0) is 9.47 Å². The van der Waals surface area contributed by atoms with Crippen molar-refractivity contribution in [3.8, 4) is 0 Å². The molecule has 1 unspecified atom stereocenters. The van der Waals surface area contributed by atoms with Crippen LogP contribution in [0, 0.1) is 0 Å². The first kappa shape index (κ1) is 16.0. The summed E-state index contributed by atoms with van der Waals surface area (Å²) < 4.78 is 10.7. The van der Waals surface area contributed by atoms with Crippen molar-refractivity contribution in [2.45, 2.75) is 46.3 Å². The molecule has 1 atom stereocenters. The molecule has 0 N–H and O–H groups in total.